The first-order chi connectivity index (χ1) is 31.2. The van der Waals surface area contributed by atoms with Crippen molar-refractivity contribution >= 4 is 17.5 Å². The van der Waals surface area contributed by atoms with Crippen molar-refractivity contribution in [1.82, 2.24) is 9.88 Å². The Hall–Kier alpha value is -5.35. The largest absolute Gasteiger partial charge is 0.487 e. The number of benzene rings is 2. The maximum atomic E-state index is 14.7. The average Bonchev–Trinajstić information content (AvgIpc) is 3.30. The average molecular weight is 883 g/mol. The van der Waals surface area contributed by atoms with Gasteiger partial charge in [-0.2, -0.15) is 0 Å². The minimum atomic E-state index is -1.50. The second-order valence-corrected chi connectivity index (χ2v) is 17.0. The van der Waals surface area contributed by atoms with Crippen LogP contribution in [0.25, 0.3) is 0 Å². The Kier molecular flexibility index (Phi) is 16.1. The Morgan fingerprint density at radius 2 is 1.84 bits per heavy atom. The van der Waals surface area contributed by atoms with Crippen LogP contribution < -0.4 is 14.2 Å². The van der Waals surface area contributed by atoms with E-state index >= 15 is 0 Å². The number of non-ortho nitro benzene ring substituents is 1. The molecule has 1 unspecified atom stereocenters. The van der Waals surface area contributed by atoms with E-state index in [1.54, 1.807) is 11.0 Å². The van der Waals surface area contributed by atoms with Crippen LogP contribution in [0.4, 0.5) is 10.5 Å². The van der Waals surface area contributed by atoms with E-state index in [1.807, 2.05) is 44.2 Å². The monoisotopic (exact) mass is 882 g/mol. The number of carbonyl (C=O) groups is 1. The third-order valence-corrected chi connectivity index (χ3v) is 12.7. The van der Waals surface area contributed by atoms with Crippen LogP contribution >= 0.6 is 0 Å². The molecule has 2 aliphatic heterocycles. The van der Waals surface area contributed by atoms with Gasteiger partial charge in [0.1, 0.15) is 29.9 Å². The van der Waals surface area contributed by atoms with Crippen molar-refractivity contribution in [3.05, 3.63) is 112 Å². The maximum absolute atomic E-state index is 14.7. The van der Waals surface area contributed by atoms with Crippen LogP contribution in [0.15, 0.2) is 90.1 Å². The number of pyridine rings is 1. The van der Waals surface area contributed by atoms with Crippen LogP contribution in [0.2, 0.25) is 0 Å². The Labute approximate surface area is 375 Å². The minimum absolute atomic E-state index is 0.0105. The molecule has 0 spiro atoms. The fourth-order valence-corrected chi connectivity index (χ4v) is 9.90. The second kappa shape index (κ2) is 22.0. The fourth-order valence-electron chi connectivity index (χ4n) is 9.90. The summed E-state index contributed by atoms with van der Waals surface area (Å²) < 4.78 is 32.8. The van der Waals surface area contributed by atoms with E-state index in [1.165, 1.54) is 24.3 Å². The molecule has 7 atom stereocenters. The molecule has 64 heavy (non-hydrogen) atoms. The second-order valence-electron chi connectivity index (χ2n) is 17.0. The molecule has 3 heterocycles. The zero-order valence-corrected chi connectivity index (χ0v) is 37.0. The summed E-state index contributed by atoms with van der Waals surface area (Å²) in [7, 11) is 0. The lowest BCUT2D eigenvalue weighted by atomic mass is 9.55. The van der Waals surface area contributed by atoms with Gasteiger partial charge in [-0.1, -0.05) is 43.1 Å². The van der Waals surface area contributed by atoms with E-state index in [2.05, 4.69) is 23.7 Å². The molecule has 15 nitrogen and oxygen atoms in total. The SMILES string of the molecule is C=CCO[C@@]12Oc3ccc(OCc4cccc(C)n4)cc3[C@H]3[C@H](CCCCO)[C@@H](CCCCO)C=C(C(=NOC4CCCCO4)C[C@@H]1N(CCC)C(=O)Oc1ccc([N+](=O)[O-])cc1)[C@H]32. The Morgan fingerprint density at radius 3 is 2.55 bits per heavy atom. The van der Waals surface area contributed by atoms with Gasteiger partial charge < -0.3 is 38.7 Å². The molecule has 344 valence electrons. The van der Waals surface area contributed by atoms with Crippen LogP contribution in [-0.2, 0) is 20.9 Å². The van der Waals surface area contributed by atoms with Crippen molar-refractivity contribution in [2.45, 2.75) is 115 Å². The zero-order valence-electron chi connectivity index (χ0n) is 37.0. The third kappa shape index (κ3) is 10.6. The van der Waals surface area contributed by atoms with Gasteiger partial charge in [0.2, 0.25) is 12.1 Å². The van der Waals surface area contributed by atoms with Crippen molar-refractivity contribution in [3.63, 3.8) is 0 Å². The van der Waals surface area contributed by atoms with E-state index in [-0.39, 0.29) is 68.6 Å². The number of fused-ring (bicyclic) bond motifs is 2. The Balaban J connectivity index is 1.40. The lowest BCUT2D eigenvalue weighted by Gasteiger charge is -2.59. The number of oxime groups is 1. The zero-order chi connectivity index (χ0) is 45.1. The molecule has 2 aromatic carbocycles. The van der Waals surface area contributed by atoms with Gasteiger partial charge in [-0.15, -0.1) is 6.58 Å². The van der Waals surface area contributed by atoms with Crippen molar-refractivity contribution in [3.8, 4) is 17.2 Å². The number of nitrogens with zero attached hydrogens (tertiary/aromatic N) is 4. The summed E-state index contributed by atoms with van der Waals surface area (Å²) in [6.07, 6.45) is 10.5. The fraction of sp³-hybridized carbons (Fsp3) is 0.531. The van der Waals surface area contributed by atoms with Crippen molar-refractivity contribution in [1.29, 1.82) is 0 Å². The molecule has 0 bridgehead atoms. The number of aliphatic hydroxyl groups excluding tert-OH is 2. The van der Waals surface area contributed by atoms with Gasteiger partial charge in [0.15, 0.2) is 0 Å². The number of carbonyl (C=O) groups excluding carboxylic acids is 1. The van der Waals surface area contributed by atoms with Crippen LogP contribution in [0.5, 0.6) is 17.2 Å². The molecule has 7 rings (SSSR count). The minimum Gasteiger partial charge on any atom is -0.487 e. The Bertz CT molecular complexity index is 2120. The van der Waals surface area contributed by atoms with Gasteiger partial charge in [-0.3, -0.25) is 20.0 Å². The highest BCUT2D eigenvalue weighted by atomic mass is 16.8. The number of hydrogen-bond acceptors (Lipinski definition) is 13. The summed E-state index contributed by atoms with van der Waals surface area (Å²) in [4.78, 5) is 38.1. The van der Waals surface area contributed by atoms with Gasteiger partial charge in [0, 0.05) is 61.9 Å². The third-order valence-electron chi connectivity index (χ3n) is 12.7. The maximum Gasteiger partial charge on any atom is 0.415 e. The van der Waals surface area contributed by atoms with Crippen molar-refractivity contribution in [2.75, 3.05) is 33.0 Å². The molecule has 2 aliphatic carbocycles. The quantitative estimate of drug-likeness (QED) is 0.0449. The number of nitro groups is 1. The van der Waals surface area contributed by atoms with E-state index in [9.17, 15) is 25.1 Å². The molecule has 1 amide bonds. The van der Waals surface area contributed by atoms with Crippen LogP contribution in [-0.4, -0.2) is 87.9 Å². The van der Waals surface area contributed by atoms with Crippen LogP contribution in [0, 0.1) is 34.8 Å². The van der Waals surface area contributed by atoms with Crippen LogP contribution in [0.3, 0.4) is 0 Å². The molecule has 2 fully saturated rings. The number of ether oxygens (including phenoxy) is 5. The highest BCUT2D eigenvalue weighted by Gasteiger charge is 2.65. The number of aliphatic hydroxyl groups is 2. The molecule has 2 N–H and O–H groups in total. The van der Waals surface area contributed by atoms with Crippen molar-refractivity contribution < 1.29 is 48.5 Å². The highest BCUT2D eigenvalue weighted by molar-refractivity contribution is 6.03. The standard InChI is InChI=1S/C49H62N4O11/c1-4-24-52(48(56)62-37-20-18-36(19-21-37)53(57)58)44-31-42(51-64-45-17-8-11-28-59-45)40-29-34(14-6-9-25-54)39(16-7-10-26-55)46-41-30-38(60-32-35-15-12-13-33(3)50-35)22-23-43(41)63-49(44,47(40)46)61-27-5-2/h5,12-13,15,18-23,29-30,34,39,44-47,54-55H,2,4,6-11,14,16-17,24-28,31-32H2,1,3H3/t34-,39+,44-,45?,46+,47+,49+/m0/s1. The predicted octanol–water partition coefficient (Wildman–Crippen LogP) is 8.95. The lowest BCUT2D eigenvalue weighted by Crippen LogP contribution is -2.70. The molecule has 1 aromatic heterocycles. The highest BCUT2D eigenvalue weighted by Crippen LogP contribution is 2.62. The predicted molar refractivity (Wildman–Crippen MR) is 239 cm³/mol. The normalized spacial score (nSPS) is 25.2. The van der Waals surface area contributed by atoms with Gasteiger partial charge in [-0.05, 0) is 112 Å². The van der Waals surface area contributed by atoms with Gasteiger partial charge in [0.05, 0.1) is 35.5 Å². The van der Waals surface area contributed by atoms with E-state index < -0.39 is 35.1 Å². The number of allylic oxidation sites excluding steroid dienone is 1. The smallest absolute Gasteiger partial charge is 0.415 e. The number of hydrogen-bond donors (Lipinski definition) is 2. The summed E-state index contributed by atoms with van der Waals surface area (Å²) in [5, 5.41) is 36.3. The first kappa shape index (κ1) is 46.6. The number of aromatic nitrogens is 1. The van der Waals surface area contributed by atoms with E-state index in [0.717, 1.165) is 61.0 Å². The van der Waals surface area contributed by atoms with Gasteiger partial charge in [0.25, 0.3) is 5.69 Å². The topological polar surface area (TPSA) is 185 Å². The number of amides is 1. The van der Waals surface area contributed by atoms with Gasteiger partial charge >= 0.3 is 6.09 Å². The summed E-state index contributed by atoms with van der Waals surface area (Å²) in [6.45, 7) is 9.27. The summed E-state index contributed by atoms with van der Waals surface area (Å²) in [6, 6.07) is 16.3. The molecule has 1 saturated heterocycles. The summed E-state index contributed by atoms with van der Waals surface area (Å²) in [5.41, 5.74) is 4.03. The van der Waals surface area contributed by atoms with Gasteiger partial charge in [-0.25, -0.2) is 4.79 Å². The number of unbranched alkanes of at least 4 members (excludes halogenated alkanes) is 2. The number of aryl methyl sites for hydroxylation is 1. The molecular weight excluding hydrogens is 821 g/mol. The number of rotatable bonds is 21. The molecule has 0 radical (unpaired) electrons. The summed E-state index contributed by atoms with van der Waals surface area (Å²) in [5.74, 6) is -0.873. The van der Waals surface area contributed by atoms with E-state index in [4.69, 9.17) is 33.7 Å². The summed E-state index contributed by atoms with van der Waals surface area (Å²) >= 11 is 0. The molecule has 1 saturated carbocycles. The molecule has 3 aromatic rings. The lowest BCUT2D eigenvalue weighted by molar-refractivity contribution is -0.384. The Morgan fingerprint density at radius 1 is 1.06 bits per heavy atom. The van der Waals surface area contributed by atoms with E-state index in [0.29, 0.717) is 49.5 Å². The number of nitro benzene ring substituents is 1. The first-order valence-corrected chi connectivity index (χ1v) is 22.8. The molecular formula is C49H62N4O11. The molecule has 4 aliphatic rings. The first-order valence-electron chi connectivity index (χ1n) is 22.8. The van der Waals surface area contributed by atoms with Crippen LogP contribution in [0.1, 0.15) is 100 Å². The van der Waals surface area contributed by atoms with Crippen molar-refractivity contribution in [2.24, 2.45) is 22.9 Å². The molecule has 15 heteroatoms.